The van der Waals surface area contributed by atoms with E-state index in [-0.39, 0.29) is 25.4 Å². The van der Waals surface area contributed by atoms with Crippen LogP contribution in [0.15, 0.2) is 75.6 Å². The Hall–Kier alpha value is -4.34. The number of oxazole rings is 1. The molecule has 1 aromatic carbocycles. The predicted molar refractivity (Wildman–Crippen MR) is 138 cm³/mol. The summed E-state index contributed by atoms with van der Waals surface area (Å²) in [6.07, 6.45) is -1.69. The summed E-state index contributed by atoms with van der Waals surface area (Å²) in [5.74, 6) is -4.37. The minimum absolute atomic E-state index is 0.0187. The van der Waals surface area contributed by atoms with E-state index in [0.29, 0.717) is 17.8 Å². The van der Waals surface area contributed by atoms with Crippen LogP contribution in [0.1, 0.15) is 28.5 Å². The van der Waals surface area contributed by atoms with Gasteiger partial charge >= 0.3 is 12.3 Å². The maximum atomic E-state index is 17.3. The molecule has 0 fully saturated rings. The van der Waals surface area contributed by atoms with Gasteiger partial charge in [0.15, 0.2) is 17.3 Å². The molecule has 3 N–H and O–H groups in total. The number of carbonyl (C=O) groups is 2. The van der Waals surface area contributed by atoms with E-state index >= 15 is 8.78 Å². The zero-order chi connectivity index (χ0) is 30.9. The first-order chi connectivity index (χ1) is 19.7. The van der Waals surface area contributed by atoms with Gasteiger partial charge in [-0.25, -0.2) is 28.5 Å². The van der Waals surface area contributed by atoms with Gasteiger partial charge in [-0.3, -0.25) is 4.79 Å². The number of nitrogens with zero attached hydrogens (tertiary/aromatic N) is 4. The number of rotatable bonds is 9. The Kier molecular flexibility index (Phi) is 8.39. The normalized spacial score (nSPS) is 20.7. The summed E-state index contributed by atoms with van der Waals surface area (Å²) in [5.41, 5.74) is -2.04. The van der Waals surface area contributed by atoms with Gasteiger partial charge in [0.2, 0.25) is 17.2 Å². The smallest absolute Gasteiger partial charge is 0.416 e. The molecule has 0 saturated carbocycles. The van der Waals surface area contributed by atoms with Crippen molar-refractivity contribution in [1.82, 2.24) is 19.9 Å². The van der Waals surface area contributed by atoms with Crippen molar-refractivity contribution < 1.29 is 45.8 Å². The van der Waals surface area contributed by atoms with Gasteiger partial charge in [0.05, 0.1) is 30.6 Å². The zero-order valence-electron chi connectivity index (χ0n) is 21.5. The second-order valence-corrected chi connectivity index (χ2v) is 9.91. The van der Waals surface area contributed by atoms with Crippen molar-refractivity contribution in [3.63, 3.8) is 0 Å². The van der Waals surface area contributed by atoms with E-state index in [2.05, 4.69) is 30.9 Å². The number of halogens is 6. The first-order valence-electron chi connectivity index (χ1n) is 11.9. The Morgan fingerprint density at radius 3 is 2.43 bits per heavy atom. The van der Waals surface area contributed by atoms with Crippen LogP contribution in [0.25, 0.3) is 0 Å². The van der Waals surface area contributed by atoms with Crippen molar-refractivity contribution in [2.75, 3.05) is 13.7 Å². The molecule has 1 aliphatic carbocycles. The fourth-order valence-electron chi connectivity index (χ4n) is 4.39. The van der Waals surface area contributed by atoms with Gasteiger partial charge in [-0.05, 0) is 29.8 Å². The van der Waals surface area contributed by atoms with Gasteiger partial charge in [0.1, 0.15) is 12.1 Å². The number of benzene rings is 1. The molecule has 1 aliphatic rings. The van der Waals surface area contributed by atoms with Crippen LogP contribution >= 0.6 is 15.9 Å². The van der Waals surface area contributed by atoms with Crippen LogP contribution in [0.4, 0.5) is 26.7 Å². The molecule has 0 aliphatic heterocycles. The monoisotopic (exact) mass is 657 g/mol. The van der Waals surface area contributed by atoms with E-state index in [9.17, 15) is 22.8 Å². The van der Waals surface area contributed by atoms with Crippen molar-refractivity contribution in [2.45, 2.75) is 30.2 Å². The topological polar surface area (TPSA) is 145 Å². The molecular formula is C26H21BrF5N5O5. The quantitative estimate of drug-likeness (QED) is 0.309. The highest BCUT2D eigenvalue weighted by Gasteiger charge is 2.69. The molecule has 0 spiro atoms. The van der Waals surface area contributed by atoms with Crippen LogP contribution in [-0.2, 0) is 39.8 Å². The second kappa shape index (κ2) is 11.5. The highest BCUT2D eigenvalue weighted by Crippen LogP contribution is 2.59. The molecule has 42 heavy (non-hydrogen) atoms. The van der Waals surface area contributed by atoms with Gasteiger partial charge < -0.3 is 24.9 Å². The van der Waals surface area contributed by atoms with Crippen LogP contribution in [0.2, 0.25) is 0 Å². The molecule has 0 bridgehead atoms. The molecule has 0 radical (unpaired) electrons. The lowest BCUT2D eigenvalue weighted by atomic mass is 9.65. The molecule has 2 unspecified atom stereocenters. The Bertz CT molecular complexity index is 1550. The summed E-state index contributed by atoms with van der Waals surface area (Å²) >= 11 is 3.01. The summed E-state index contributed by atoms with van der Waals surface area (Å²) < 4.78 is 83.4. The van der Waals surface area contributed by atoms with Gasteiger partial charge in [-0.15, -0.1) is 0 Å². The summed E-state index contributed by atoms with van der Waals surface area (Å²) in [4.78, 5) is 37.1. The zero-order valence-corrected chi connectivity index (χ0v) is 23.1. The van der Waals surface area contributed by atoms with Crippen LogP contribution in [-0.4, -0.2) is 50.6 Å². The fourth-order valence-corrected chi connectivity index (χ4v) is 5.12. The highest BCUT2D eigenvalue weighted by molar-refractivity contribution is 9.11. The number of allylic oxidation sites excluding steroid dienone is 2. The largest absolute Gasteiger partial charge is 0.490 e. The minimum atomic E-state index is -4.74. The molecule has 222 valence electrons. The number of aromatic nitrogens is 3. The van der Waals surface area contributed by atoms with Crippen molar-refractivity contribution in [3.05, 3.63) is 99.7 Å². The SMILES string of the molecule is CN(Cc1ccnc(CCOC2=C(F)C(C(N)=O)(c3ncco3)C(F)(c3ccc(C(F)(F)F)cc3)C(Br)=C2)n1)C(=O)O. The lowest BCUT2D eigenvalue weighted by molar-refractivity contribution is -0.137. The summed E-state index contributed by atoms with van der Waals surface area (Å²) in [6, 6.07) is 4.17. The molecule has 2 aromatic heterocycles. The highest BCUT2D eigenvalue weighted by atomic mass is 79.9. The van der Waals surface area contributed by atoms with Gasteiger partial charge in [0.25, 0.3) is 0 Å². The van der Waals surface area contributed by atoms with Crippen LogP contribution in [0, 0.1) is 0 Å². The summed E-state index contributed by atoms with van der Waals surface area (Å²) in [6.45, 7) is -0.321. The van der Waals surface area contributed by atoms with E-state index in [4.69, 9.17) is 20.0 Å². The molecule has 4 rings (SSSR count). The molecule has 2 heterocycles. The molecular weight excluding hydrogens is 637 g/mol. The number of amides is 2. The first-order valence-corrected chi connectivity index (χ1v) is 12.7. The third kappa shape index (κ3) is 5.33. The van der Waals surface area contributed by atoms with Crippen molar-refractivity contribution in [1.29, 1.82) is 0 Å². The predicted octanol–water partition coefficient (Wildman–Crippen LogP) is 4.91. The van der Waals surface area contributed by atoms with E-state index in [0.717, 1.165) is 35.6 Å². The number of carboxylic acid groups (broad SMARTS) is 1. The molecule has 2 amide bonds. The van der Waals surface area contributed by atoms with E-state index in [1.807, 2.05) is 0 Å². The number of hydrogen-bond donors (Lipinski definition) is 2. The Labute approximate surface area is 242 Å². The second-order valence-electron chi connectivity index (χ2n) is 9.06. The van der Waals surface area contributed by atoms with E-state index in [1.54, 1.807) is 0 Å². The van der Waals surface area contributed by atoms with Crippen LogP contribution in [0.3, 0.4) is 0 Å². The number of hydrogen-bond acceptors (Lipinski definition) is 7. The van der Waals surface area contributed by atoms with Crippen LogP contribution < -0.4 is 5.73 Å². The Morgan fingerprint density at radius 1 is 1.17 bits per heavy atom. The lowest BCUT2D eigenvalue weighted by Gasteiger charge is -2.42. The molecule has 2 atom stereocenters. The number of primary amides is 1. The standard InChI is InChI=1S/C26H21BrF5N5O5/c1-37(23(39)40)13-16-6-8-34-19(36-16)7-10-41-17-12-18(27)25(29,14-2-4-15(5-3-14)26(30,31)32)24(20(17)28,21(33)38)22-35-9-11-42-22/h2-6,8-9,11-12H,7,10,13H2,1H3,(H2,33,38)(H,39,40). The first kappa shape index (κ1) is 30.6. The Morgan fingerprint density at radius 2 is 1.86 bits per heavy atom. The fraction of sp³-hybridized carbons (Fsp3) is 0.269. The van der Waals surface area contributed by atoms with E-state index < -0.39 is 62.3 Å². The van der Waals surface area contributed by atoms with Gasteiger partial charge in [-0.1, -0.05) is 28.1 Å². The number of nitrogens with two attached hydrogens (primary N) is 1. The lowest BCUT2D eigenvalue weighted by Crippen LogP contribution is -2.57. The van der Waals surface area contributed by atoms with Gasteiger partial charge in [-0.2, -0.15) is 13.2 Å². The average molecular weight is 658 g/mol. The molecule has 0 saturated heterocycles. The minimum Gasteiger partial charge on any atom is -0.490 e. The molecule has 16 heteroatoms. The molecule has 10 nitrogen and oxygen atoms in total. The number of carbonyl (C=O) groups excluding carboxylic acids is 1. The maximum absolute atomic E-state index is 17.3. The van der Waals surface area contributed by atoms with Gasteiger partial charge in [0, 0.05) is 24.1 Å². The number of alkyl halides is 4. The maximum Gasteiger partial charge on any atom is 0.416 e. The third-order valence-corrected chi connectivity index (χ3v) is 7.23. The number of ether oxygens (including phenoxy) is 1. The van der Waals surface area contributed by atoms with Crippen molar-refractivity contribution in [2.24, 2.45) is 5.73 Å². The summed E-state index contributed by atoms with van der Waals surface area (Å²) in [7, 11) is 1.35. The van der Waals surface area contributed by atoms with Crippen molar-refractivity contribution >= 4 is 27.9 Å². The third-order valence-electron chi connectivity index (χ3n) is 6.45. The summed E-state index contributed by atoms with van der Waals surface area (Å²) in [5, 5.41) is 9.05. The molecule has 3 aromatic rings. The van der Waals surface area contributed by atoms with Crippen molar-refractivity contribution in [3.8, 4) is 0 Å². The van der Waals surface area contributed by atoms with Crippen LogP contribution in [0.5, 0.6) is 0 Å². The Balaban J connectivity index is 1.71. The average Bonchev–Trinajstić information content (AvgIpc) is 3.46. The van der Waals surface area contributed by atoms with E-state index in [1.165, 1.54) is 19.3 Å².